The molecule has 0 aliphatic heterocycles. The molecule has 2 rings (SSSR count). The van der Waals surface area contributed by atoms with Crippen LogP contribution in [0, 0.1) is 5.92 Å². The van der Waals surface area contributed by atoms with Gasteiger partial charge in [-0.25, -0.2) is 4.79 Å². The number of amides is 2. The number of nitrogens with one attached hydrogen (secondary N) is 2. The zero-order valence-corrected chi connectivity index (χ0v) is 19.3. The lowest BCUT2D eigenvalue weighted by molar-refractivity contribution is -0.113. The molecule has 164 valence electrons. The Morgan fingerprint density at radius 3 is 2.67 bits per heavy atom. The van der Waals surface area contributed by atoms with Gasteiger partial charge in [-0.15, -0.1) is 10.2 Å². The van der Waals surface area contributed by atoms with E-state index in [4.69, 9.17) is 20.8 Å². The maximum absolute atomic E-state index is 12.2. The van der Waals surface area contributed by atoms with Crippen molar-refractivity contribution in [3.8, 4) is 0 Å². The number of carbonyl (C=O) groups excluding carboxylic acids is 2. The number of thioether (sulfide) groups is 1. The lowest BCUT2D eigenvalue weighted by atomic mass is 9.99. The van der Waals surface area contributed by atoms with E-state index in [1.807, 2.05) is 13.8 Å². The number of hydrogen-bond donors (Lipinski definition) is 2. The lowest BCUT2D eigenvalue weighted by Crippen LogP contribution is -2.37. The van der Waals surface area contributed by atoms with Crippen LogP contribution in [0.5, 0.6) is 0 Å². The number of rotatable bonds is 8. The van der Waals surface area contributed by atoms with Crippen LogP contribution < -0.4 is 10.6 Å². The normalized spacial score (nSPS) is 13.4. The minimum absolute atomic E-state index is 0.0435. The van der Waals surface area contributed by atoms with E-state index >= 15 is 0 Å². The van der Waals surface area contributed by atoms with Crippen molar-refractivity contribution in [1.82, 2.24) is 15.5 Å². The van der Waals surface area contributed by atoms with Crippen molar-refractivity contribution < 1.29 is 18.7 Å². The van der Waals surface area contributed by atoms with Crippen LogP contribution >= 0.6 is 23.4 Å². The zero-order chi connectivity index (χ0) is 22.3. The molecule has 2 amide bonds. The van der Waals surface area contributed by atoms with Crippen molar-refractivity contribution in [2.24, 2.45) is 5.92 Å². The predicted molar refractivity (Wildman–Crippen MR) is 117 cm³/mol. The summed E-state index contributed by atoms with van der Waals surface area (Å²) in [6.45, 7) is 9.35. The molecule has 0 aliphatic carbocycles. The predicted octanol–water partition coefficient (Wildman–Crippen LogP) is 5.07. The molecule has 2 N–H and O–H groups in total. The molecule has 0 aliphatic rings. The summed E-state index contributed by atoms with van der Waals surface area (Å²) in [6.07, 6.45) is 0.231. The molecule has 0 bridgehead atoms. The molecule has 0 spiro atoms. The average Bonchev–Trinajstić information content (AvgIpc) is 3.11. The molecule has 0 saturated carbocycles. The van der Waals surface area contributed by atoms with Crippen molar-refractivity contribution in [3.63, 3.8) is 0 Å². The standard InChI is InChI=1S/C20H27ClN4O4S/c1-6-12(2)16(23-18(27)29-20(3,4)5)17-24-25-19(28-17)30-11-15(26)22-14-9-7-8-13(21)10-14/h7-10,12,16H,6,11H2,1-5H3,(H,22,26)(H,23,27)/t12-,16-/m1/s1. The second-order valence-corrected chi connectivity index (χ2v) is 9.13. The fourth-order valence-electron chi connectivity index (χ4n) is 2.41. The van der Waals surface area contributed by atoms with E-state index < -0.39 is 17.7 Å². The second kappa shape index (κ2) is 10.7. The van der Waals surface area contributed by atoms with Gasteiger partial charge in [0.15, 0.2) is 0 Å². The van der Waals surface area contributed by atoms with Gasteiger partial charge >= 0.3 is 6.09 Å². The fraction of sp³-hybridized carbons (Fsp3) is 0.500. The molecule has 1 aromatic heterocycles. The number of carbonyl (C=O) groups is 2. The first-order valence-corrected chi connectivity index (χ1v) is 10.9. The Hall–Kier alpha value is -2.26. The summed E-state index contributed by atoms with van der Waals surface area (Å²) >= 11 is 7.02. The summed E-state index contributed by atoms with van der Waals surface area (Å²) in [5, 5.41) is 14.4. The molecule has 0 radical (unpaired) electrons. The Morgan fingerprint density at radius 2 is 2.03 bits per heavy atom. The molecule has 10 heteroatoms. The van der Waals surface area contributed by atoms with Crippen LogP contribution in [0.3, 0.4) is 0 Å². The Kier molecular flexibility index (Phi) is 8.54. The van der Waals surface area contributed by atoms with Crippen LogP contribution in [-0.4, -0.2) is 33.6 Å². The van der Waals surface area contributed by atoms with E-state index in [1.54, 1.807) is 45.0 Å². The molecule has 0 fully saturated rings. The molecular weight excluding hydrogens is 428 g/mol. The van der Waals surface area contributed by atoms with Crippen molar-refractivity contribution in [2.75, 3.05) is 11.1 Å². The van der Waals surface area contributed by atoms with Crippen LogP contribution in [0.2, 0.25) is 5.02 Å². The number of aromatic nitrogens is 2. The third-order valence-corrected chi connectivity index (χ3v) is 5.06. The zero-order valence-electron chi connectivity index (χ0n) is 17.7. The highest BCUT2D eigenvalue weighted by atomic mass is 35.5. The summed E-state index contributed by atoms with van der Waals surface area (Å²) < 4.78 is 11.0. The van der Waals surface area contributed by atoms with Gasteiger partial charge in [0.2, 0.25) is 11.8 Å². The highest BCUT2D eigenvalue weighted by Crippen LogP contribution is 2.27. The van der Waals surface area contributed by atoms with Crippen LogP contribution in [0.15, 0.2) is 33.9 Å². The Balaban J connectivity index is 1.97. The van der Waals surface area contributed by atoms with E-state index in [-0.39, 0.29) is 28.7 Å². The highest BCUT2D eigenvalue weighted by Gasteiger charge is 2.28. The molecule has 1 aromatic carbocycles. The minimum atomic E-state index is -0.615. The summed E-state index contributed by atoms with van der Waals surface area (Å²) in [5.41, 5.74) is -0.00580. The quantitative estimate of drug-likeness (QED) is 0.536. The number of ether oxygens (including phenoxy) is 1. The molecule has 0 saturated heterocycles. The van der Waals surface area contributed by atoms with E-state index in [9.17, 15) is 9.59 Å². The SMILES string of the molecule is CC[C@@H](C)[C@@H](NC(=O)OC(C)(C)C)c1nnc(SCC(=O)Nc2cccc(Cl)c2)o1. The molecule has 2 atom stereocenters. The Bertz CT molecular complexity index is 868. The molecule has 2 aromatic rings. The van der Waals surface area contributed by atoms with Crippen LogP contribution in [0.25, 0.3) is 0 Å². The van der Waals surface area contributed by atoms with E-state index in [0.717, 1.165) is 18.2 Å². The number of benzene rings is 1. The van der Waals surface area contributed by atoms with Gasteiger partial charge in [0.05, 0.1) is 5.75 Å². The minimum Gasteiger partial charge on any atom is -0.444 e. The molecule has 8 nitrogen and oxygen atoms in total. The average molecular weight is 455 g/mol. The van der Waals surface area contributed by atoms with Gasteiger partial charge in [0.25, 0.3) is 5.22 Å². The Morgan fingerprint density at radius 1 is 1.30 bits per heavy atom. The summed E-state index contributed by atoms with van der Waals surface area (Å²) in [7, 11) is 0. The van der Waals surface area contributed by atoms with Crippen LogP contribution in [-0.2, 0) is 9.53 Å². The largest absolute Gasteiger partial charge is 0.444 e. The van der Waals surface area contributed by atoms with E-state index in [1.165, 1.54) is 0 Å². The maximum Gasteiger partial charge on any atom is 0.408 e. The first kappa shape index (κ1) is 24.0. The smallest absolute Gasteiger partial charge is 0.408 e. The first-order chi connectivity index (χ1) is 14.1. The monoisotopic (exact) mass is 454 g/mol. The van der Waals surface area contributed by atoms with Crippen molar-refractivity contribution in [3.05, 3.63) is 35.2 Å². The fourth-order valence-corrected chi connectivity index (χ4v) is 3.17. The van der Waals surface area contributed by atoms with Gasteiger partial charge in [-0.1, -0.05) is 49.7 Å². The van der Waals surface area contributed by atoms with Gasteiger partial charge < -0.3 is 19.8 Å². The highest BCUT2D eigenvalue weighted by molar-refractivity contribution is 7.99. The number of anilines is 1. The molecule has 1 heterocycles. The van der Waals surface area contributed by atoms with Gasteiger partial charge in [-0.2, -0.15) is 0 Å². The maximum atomic E-state index is 12.2. The summed E-state index contributed by atoms with van der Waals surface area (Å²) in [5.74, 6) is 0.170. The van der Waals surface area contributed by atoms with Crippen molar-refractivity contribution in [1.29, 1.82) is 0 Å². The van der Waals surface area contributed by atoms with E-state index in [0.29, 0.717) is 10.7 Å². The van der Waals surface area contributed by atoms with E-state index in [2.05, 4.69) is 20.8 Å². The number of alkyl carbamates (subject to hydrolysis) is 1. The van der Waals surface area contributed by atoms with Gasteiger partial charge in [0, 0.05) is 10.7 Å². The third kappa shape index (κ3) is 7.87. The van der Waals surface area contributed by atoms with Crippen molar-refractivity contribution >= 4 is 41.1 Å². The summed E-state index contributed by atoms with van der Waals surface area (Å²) in [6, 6.07) is 6.39. The van der Waals surface area contributed by atoms with Gasteiger partial charge in [0.1, 0.15) is 11.6 Å². The molecule has 0 unspecified atom stereocenters. The molecular formula is C20H27ClN4O4S. The second-order valence-electron chi connectivity index (χ2n) is 7.76. The van der Waals surface area contributed by atoms with Gasteiger partial charge in [-0.3, -0.25) is 4.79 Å². The Labute approximate surface area is 185 Å². The number of nitrogens with zero attached hydrogens (tertiary/aromatic N) is 2. The van der Waals surface area contributed by atoms with Gasteiger partial charge in [-0.05, 0) is 44.9 Å². The topological polar surface area (TPSA) is 106 Å². The van der Waals surface area contributed by atoms with Crippen molar-refractivity contribution in [2.45, 2.75) is 57.9 Å². The number of halogens is 1. The molecule has 30 heavy (non-hydrogen) atoms. The number of hydrogen-bond acceptors (Lipinski definition) is 7. The third-order valence-electron chi connectivity index (χ3n) is 4.01. The van der Waals surface area contributed by atoms with Crippen LogP contribution in [0.1, 0.15) is 53.0 Å². The summed E-state index contributed by atoms with van der Waals surface area (Å²) in [4.78, 5) is 24.3. The lowest BCUT2D eigenvalue weighted by Gasteiger charge is -2.24. The van der Waals surface area contributed by atoms with Crippen LogP contribution in [0.4, 0.5) is 10.5 Å². The first-order valence-electron chi connectivity index (χ1n) is 9.58.